The van der Waals surface area contributed by atoms with Crippen LogP contribution in [-0.4, -0.2) is 54.5 Å². The molecule has 2 saturated heterocycles. The van der Waals surface area contributed by atoms with Crippen LogP contribution in [0.4, 0.5) is 8.78 Å². The van der Waals surface area contributed by atoms with Crippen molar-refractivity contribution < 1.29 is 21.6 Å². The van der Waals surface area contributed by atoms with Gasteiger partial charge in [0.1, 0.15) is 11.6 Å². The molecule has 1 unspecified atom stereocenters. The largest absolute Gasteiger partial charge is 0.419 e. The van der Waals surface area contributed by atoms with E-state index in [1.807, 2.05) is 37.4 Å². The van der Waals surface area contributed by atoms with Gasteiger partial charge < -0.3 is 4.42 Å². The number of hydrogen-bond donors (Lipinski definition) is 0. The van der Waals surface area contributed by atoms with E-state index in [2.05, 4.69) is 15.1 Å². The van der Waals surface area contributed by atoms with Crippen molar-refractivity contribution >= 4 is 10.0 Å². The van der Waals surface area contributed by atoms with Crippen molar-refractivity contribution in [1.82, 2.24) is 19.4 Å². The topological polar surface area (TPSA) is 79.5 Å². The van der Waals surface area contributed by atoms with Gasteiger partial charge in [-0.1, -0.05) is 18.2 Å². The summed E-state index contributed by atoms with van der Waals surface area (Å²) in [7, 11) is -2.02. The van der Waals surface area contributed by atoms with Crippen molar-refractivity contribution in [3.05, 3.63) is 66.1 Å². The van der Waals surface area contributed by atoms with Gasteiger partial charge in [-0.05, 0) is 37.7 Å². The minimum atomic E-state index is -3.96. The van der Waals surface area contributed by atoms with Crippen molar-refractivity contribution in [2.45, 2.75) is 17.4 Å². The first-order chi connectivity index (χ1) is 14.8. The highest BCUT2D eigenvalue weighted by atomic mass is 32.2. The zero-order valence-electron chi connectivity index (χ0n) is 16.7. The Morgan fingerprint density at radius 3 is 2.39 bits per heavy atom. The van der Waals surface area contributed by atoms with E-state index in [0.29, 0.717) is 30.8 Å². The number of rotatable bonds is 4. The number of sulfonamides is 1. The van der Waals surface area contributed by atoms with Gasteiger partial charge in [-0.3, -0.25) is 4.90 Å². The molecule has 2 aromatic carbocycles. The third-order valence-corrected chi connectivity index (χ3v) is 7.76. The third-order valence-electron chi connectivity index (χ3n) is 5.99. The fourth-order valence-electron chi connectivity index (χ4n) is 4.54. The molecule has 2 aliphatic rings. The number of halogens is 2. The molecule has 0 radical (unpaired) electrons. The van der Waals surface area contributed by atoms with Gasteiger partial charge >= 0.3 is 0 Å². The molecule has 3 aromatic rings. The van der Waals surface area contributed by atoms with Gasteiger partial charge in [0.05, 0.1) is 10.9 Å². The van der Waals surface area contributed by atoms with Crippen molar-refractivity contribution in [2.24, 2.45) is 5.41 Å². The van der Waals surface area contributed by atoms with Crippen LogP contribution in [0.1, 0.15) is 18.4 Å². The summed E-state index contributed by atoms with van der Waals surface area (Å²) in [5.74, 6) is -0.900. The van der Waals surface area contributed by atoms with Gasteiger partial charge in [0.2, 0.25) is 21.8 Å². The van der Waals surface area contributed by atoms with Crippen molar-refractivity contribution in [2.75, 3.05) is 26.7 Å². The van der Waals surface area contributed by atoms with Crippen molar-refractivity contribution in [1.29, 1.82) is 0 Å². The molecule has 3 heterocycles. The first kappa shape index (κ1) is 20.2. The second-order valence-corrected chi connectivity index (χ2v) is 10.3. The molecule has 0 N–H and O–H groups in total. The molecule has 0 saturated carbocycles. The Morgan fingerprint density at radius 2 is 1.71 bits per heavy atom. The molecule has 1 spiro atoms. The minimum Gasteiger partial charge on any atom is -0.419 e. The number of nitrogens with zero attached hydrogens (tertiary/aromatic N) is 4. The van der Waals surface area contributed by atoms with E-state index in [4.69, 9.17) is 4.42 Å². The molecule has 0 bridgehead atoms. The Kier molecular flexibility index (Phi) is 4.68. The lowest BCUT2D eigenvalue weighted by Crippen LogP contribution is -2.59. The van der Waals surface area contributed by atoms with Crippen LogP contribution in [0.15, 0.2) is 57.8 Å². The first-order valence-electron chi connectivity index (χ1n) is 9.81. The fraction of sp³-hybridized carbons (Fsp3) is 0.333. The van der Waals surface area contributed by atoms with Crippen LogP contribution < -0.4 is 0 Å². The summed E-state index contributed by atoms with van der Waals surface area (Å²) in [4.78, 5) is 1.71. The highest BCUT2D eigenvalue weighted by Crippen LogP contribution is 2.49. The van der Waals surface area contributed by atoms with E-state index in [0.717, 1.165) is 17.7 Å². The van der Waals surface area contributed by atoms with Crippen LogP contribution in [0.25, 0.3) is 11.5 Å². The van der Waals surface area contributed by atoms with Gasteiger partial charge in [0, 0.05) is 36.7 Å². The maximum atomic E-state index is 13.5. The van der Waals surface area contributed by atoms with E-state index >= 15 is 0 Å². The Morgan fingerprint density at radius 1 is 1.03 bits per heavy atom. The molecule has 0 aliphatic carbocycles. The molecule has 31 heavy (non-hydrogen) atoms. The van der Waals surface area contributed by atoms with Gasteiger partial charge in [0.25, 0.3) is 0 Å². The lowest BCUT2D eigenvalue weighted by atomic mass is 9.79. The van der Waals surface area contributed by atoms with Crippen LogP contribution in [0.3, 0.4) is 0 Å². The average molecular weight is 446 g/mol. The number of aromatic nitrogens is 2. The molecule has 162 valence electrons. The fourth-order valence-corrected chi connectivity index (χ4v) is 6.25. The maximum absolute atomic E-state index is 13.5. The molecule has 0 amide bonds. The van der Waals surface area contributed by atoms with Crippen LogP contribution in [-0.2, 0) is 10.0 Å². The summed E-state index contributed by atoms with van der Waals surface area (Å²) in [6.07, 6.45) is 0.656. The first-order valence-corrected chi connectivity index (χ1v) is 11.3. The molecule has 2 fully saturated rings. The predicted octanol–water partition coefficient (Wildman–Crippen LogP) is 3.08. The Hall–Kier alpha value is -2.69. The normalized spacial score (nSPS) is 21.5. The lowest BCUT2D eigenvalue weighted by molar-refractivity contribution is 0.0808. The van der Waals surface area contributed by atoms with E-state index in [9.17, 15) is 17.2 Å². The van der Waals surface area contributed by atoms with Crippen molar-refractivity contribution in [3.8, 4) is 11.5 Å². The minimum absolute atomic E-state index is 0.124. The zero-order valence-corrected chi connectivity index (χ0v) is 17.5. The Labute approximate surface area is 178 Å². The highest BCUT2D eigenvalue weighted by Gasteiger charge is 2.55. The number of benzene rings is 2. The quantitative estimate of drug-likeness (QED) is 0.613. The van der Waals surface area contributed by atoms with Crippen molar-refractivity contribution in [3.63, 3.8) is 0 Å². The molecule has 5 rings (SSSR count). The summed E-state index contributed by atoms with van der Waals surface area (Å²) in [6, 6.07) is 11.7. The van der Waals surface area contributed by atoms with Gasteiger partial charge in [-0.25, -0.2) is 17.2 Å². The average Bonchev–Trinajstić information content (AvgIpc) is 3.31. The predicted molar refractivity (Wildman–Crippen MR) is 107 cm³/mol. The molecule has 1 atom stereocenters. The van der Waals surface area contributed by atoms with Gasteiger partial charge in [-0.2, -0.15) is 4.31 Å². The molecular formula is C21H20F2N4O3S. The van der Waals surface area contributed by atoms with Gasteiger partial charge in [0.15, 0.2) is 0 Å². The number of likely N-dealkylation sites (tertiary alicyclic amines) is 1. The van der Waals surface area contributed by atoms with E-state index in [1.54, 1.807) is 0 Å². The van der Waals surface area contributed by atoms with Crippen LogP contribution in [0.2, 0.25) is 0 Å². The highest BCUT2D eigenvalue weighted by molar-refractivity contribution is 7.89. The molecule has 10 heteroatoms. The summed E-state index contributed by atoms with van der Waals surface area (Å²) in [5.41, 5.74) is 0.569. The SMILES string of the molecule is CN1CC2(CC1c1nnc(-c3ccccc3)o1)CN(S(=O)(=O)c1cc(F)cc(F)c1)C2. The van der Waals surface area contributed by atoms with Crippen LogP contribution >= 0.6 is 0 Å². The third kappa shape index (κ3) is 3.54. The smallest absolute Gasteiger partial charge is 0.247 e. The van der Waals surface area contributed by atoms with Crippen LogP contribution in [0.5, 0.6) is 0 Å². The Balaban J connectivity index is 1.31. The second-order valence-electron chi connectivity index (χ2n) is 8.32. The molecule has 7 nitrogen and oxygen atoms in total. The van der Waals surface area contributed by atoms with E-state index in [1.165, 1.54) is 4.31 Å². The summed E-state index contributed by atoms with van der Waals surface area (Å²) < 4.78 is 59.7. The second kappa shape index (κ2) is 7.18. The summed E-state index contributed by atoms with van der Waals surface area (Å²) in [5, 5.41) is 8.36. The monoisotopic (exact) mass is 446 g/mol. The molecule has 2 aliphatic heterocycles. The summed E-state index contributed by atoms with van der Waals surface area (Å²) >= 11 is 0. The Bertz CT molecular complexity index is 1210. The van der Waals surface area contributed by atoms with E-state index < -0.39 is 21.7 Å². The molecular weight excluding hydrogens is 426 g/mol. The van der Waals surface area contributed by atoms with E-state index in [-0.39, 0.29) is 29.4 Å². The summed E-state index contributed by atoms with van der Waals surface area (Å²) in [6.45, 7) is 1.20. The molecule has 1 aromatic heterocycles. The zero-order chi connectivity index (χ0) is 21.8. The van der Waals surface area contributed by atoms with Gasteiger partial charge in [-0.15, -0.1) is 10.2 Å². The lowest BCUT2D eigenvalue weighted by Gasteiger charge is -2.46. The standard InChI is InChI=1S/C21H20F2N4O3S/c1-26-11-21(10-18(26)20-25-24-19(30-20)14-5-3-2-4-6-14)12-27(13-21)31(28,29)17-8-15(22)7-16(23)9-17/h2-9,18H,10-13H2,1H3. The maximum Gasteiger partial charge on any atom is 0.247 e. The van der Waals surface area contributed by atoms with Crippen LogP contribution in [0, 0.1) is 17.0 Å². The number of hydrogen-bond acceptors (Lipinski definition) is 6.